The number of pyridine rings is 1. The third-order valence-electron chi connectivity index (χ3n) is 4.63. The first kappa shape index (κ1) is 20.2. The zero-order valence-electron chi connectivity index (χ0n) is 15.6. The molecule has 3 heterocycles. The molecule has 4 aromatic rings. The highest BCUT2D eigenvalue weighted by atomic mass is 79.9. The molecule has 0 aliphatic rings. The van der Waals surface area contributed by atoms with Crippen LogP contribution < -0.4 is 11.3 Å². The average Bonchev–Trinajstić information content (AvgIpc) is 3.10. The van der Waals surface area contributed by atoms with Crippen LogP contribution in [0.25, 0.3) is 11.0 Å². The Morgan fingerprint density at radius 2 is 1.97 bits per heavy atom. The van der Waals surface area contributed by atoms with Gasteiger partial charge in [0.15, 0.2) is 11.9 Å². The molecule has 0 aliphatic carbocycles. The maximum Gasteiger partial charge on any atom is 0.250 e. The molecule has 0 unspecified atom stereocenters. The molecule has 0 spiro atoms. The highest BCUT2D eigenvalue weighted by Crippen LogP contribution is 2.22. The zero-order valence-corrected chi connectivity index (χ0v) is 18.0. The van der Waals surface area contributed by atoms with E-state index in [1.165, 1.54) is 16.7 Å². The van der Waals surface area contributed by atoms with E-state index in [4.69, 9.17) is 17.3 Å². The van der Waals surface area contributed by atoms with Gasteiger partial charge < -0.3 is 10.3 Å². The summed E-state index contributed by atoms with van der Waals surface area (Å²) in [6, 6.07) is 8.94. The highest BCUT2D eigenvalue weighted by Gasteiger charge is 2.11. The summed E-state index contributed by atoms with van der Waals surface area (Å²) in [4.78, 5) is 31.2. The number of hydrogen-bond donors (Lipinski definition) is 1. The van der Waals surface area contributed by atoms with Gasteiger partial charge in [0, 0.05) is 28.8 Å². The highest BCUT2D eigenvalue weighted by molar-refractivity contribution is 9.10. The number of anilines is 1. The van der Waals surface area contributed by atoms with Gasteiger partial charge in [-0.2, -0.15) is 10.1 Å². The molecule has 0 saturated heterocycles. The van der Waals surface area contributed by atoms with E-state index >= 15 is 0 Å². The molecule has 1 aromatic carbocycles. The fraction of sp³-hybridized carbons (Fsp3) is 0.150. The first-order chi connectivity index (χ1) is 14.4. The number of nitrogens with two attached hydrogens (primary N) is 1. The van der Waals surface area contributed by atoms with Gasteiger partial charge in [0.2, 0.25) is 5.28 Å². The van der Waals surface area contributed by atoms with Gasteiger partial charge in [0.25, 0.3) is 5.56 Å². The van der Waals surface area contributed by atoms with Crippen molar-refractivity contribution in [2.45, 2.75) is 19.5 Å². The van der Waals surface area contributed by atoms with Crippen molar-refractivity contribution in [3.8, 4) is 0 Å². The van der Waals surface area contributed by atoms with Crippen LogP contribution in [-0.2, 0) is 19.5 Å². The molecule has 8 nitrogen and oxygen atoms in total. The van der Waals surface area contributed by atoms with Gasteiger partial charge in [-0.05, 0) is 47.3 Å². The van der Waals surface area contributed by atoms with E-state index in [0.717, 1.165) is 21.9 Å². The van der Waals surface area contributed by atoms with Crippen LogP contribution in [0.3, 0.4) is 0 Å². The Morgan fingerprint density at radius 1 is 1.17 bits per heavy atom. The van der Waals surface area contributed by atoms with Gasteiger partial charge in [-0.25, -0.2) is 9.67 Å². The number of fused-ring (bicyclic) bond motifs is 1. The minimum atomic E-state index is -0.145. The largest absolute Gasteiger partial charge is 0.383 e. The number of halogens is 2. The van der Waals surface area contributed by atoms with E-state index in [0.29, 0.717) is 36.1 Å². The predicted molar refractivity (Wildman–Crippen MR) is 118 cm³/mol. The maximum atomic E-state index is 12.0. The monoisotopic (exact) mass is 486 g/mol. The van der Waals surface area contributed by atoms with Gasteiger partial charge in [-0.1, -0.05) is 22.0 Å². The molecule has 30 heavy (non-hydrogen) atoms. The molecule has 0 bridgehead atoms. The first-order valence-electron chi connectivity index (χ1n) is 9.01. The Hall–Kier alpha value is -3.04. The number of aromatic nitrogens is 5. The molecular formula is C20H16BrClN6O2. The van der Waals surface area contributed by atoms with E-state index in [2.05, 4.69) is 31.0 Å². The van der Waals surface area contributed by atoms with E-state index in [1.54, 1.807) is 17.1 Å². The molecule has 2 N–H and O–H groups in total. The summed E-state index contributed by atoms with van der Waals surface area (Å²) < 4.78 is 4.16. The summed E-state index contributed by atoms with van der Waals surface area (Å²) in [5.74, 6) is 0.286. The molecule has 4 rings (SSSR count). The van der Waals surface area contributed by atoms with Crippen molar-refractivity contribution < 1.29 is 4.79 Å². The molecule has 0 amide bonds. The van der Waals surface area contributed by atoms with Gasteiger partial charge >= 0.3 is 0 Å². The molecule has 0 aliphatic heterocycles. The fourth-order valence-electron chi connectivity index (χ4n) is 3.24. The van der Waals surface area contributed by atoms with Crippen LogP contribution in [0.4, 0.5) is 5.82 Å². The van der Waals surface area contributed by atoms with Gasteiger partial charge in [-0.15, -0.1) is 0 Å². The summed E-state index contributed by atoms with van der Waals surface area (Å²) in [6.45, 7) is 0.920. The maximum absolute atomic E-state index is 12.0. The van der Waals surface area contributed by atoms with Gasteiger partial charge in [-0.3, -0.25) is 9.59 Å². The third-order valence-corrected chi connectivity index (χ3v) is 5.26. The number of aryl methyl sites for hydroxylation is 2. The molecule has 152 valence electrons. The zero-order chi connectivity index (χ0) is 21.3. The van der Waals surface area contributed by atoms with Crippen LogP contribution in [0.5, 0.6) is 0 Å². The predicted octanol–water partition coefficient (Wildman–Crippen LogP) is 3.09. The molecule has 3 aromatic heterocycles. The van der Waals surface area contributed by atoms with Gasteiger partial charge in [0.05, 0.1) is 18.1 Å². The number of aldehydes is 1. The van der Waals surface area contributed by atoms with E-state index < -0.39 is 0 Å². The van der Waals surface area contributed by atoms with E-state index in [-0.39, 0.29) is 16.7 Å². The Labute approximate surface area is 184 Å². The van der Waals surface area contributed by atoms with Crippen LogP contribution in [0, 0.1) is 0 Å². The number of rotatable bonds is 6. The fourth-order valence-corrected chi connectivity index (χ4v) is 3.99. The van der Waals surface area contributed by atoms with Crippen molar-refractivity contribution in [3.63, 3.8) is 0 Å². The molecule has 10 heteroatoms. The number of carbonyl (C=O) groups is 1. The van der Waals surface area contributed by atoms with Crippen molar-refractivity contribution in [3.05, 3.63) is 79.5 Å². The summed E-state index contributed by atoms with van der Waals surface area (Å²) in [6.07, 6.45) is 4.53. The minimum absolute atomic E-state index is 0.0691. The second-order valence-electron chi connectivity index (χ2n) is 6.75. The summed E-state index contributed by atoms with van der Waals surface area (Å²) >= 11 is 9.48. The standard InChI is InChI=1S/C20H16BrClN6O2/c21-15-6-12(3-4-27-9-13(11-29)1-2-17(27)30)5-14(7-15)10-28-19-16(8-24-28)18(23)25-20(22)26-19/h1-2,5-9,11H,3-4,10H2,(H2,23,25,26). The minimum Gasteiger partial charge on any atom is -0.383 e. The van der Waals surface area contributed by atoms with Crippen molar-refractivity contribution in [1.82, 2.24) is 24.3 Å². The topological polar surface area (TPSA) is 109 Å². The lowest BCUT2D eigenvalue weighted by Gasteiger charge is -2.10. The summed E-state index contributed by atoms with van der Waals surface area (Å²) in [5, 5.41) is 5.07. The Bertz CT molecular complexity index is 1320. The number of hydrogen-bond acceptors (Lipinski definition) is 6. The Morgan fingerprint density at radius 3 is 2.77 bits per heavy atom. The lowest BCUT2D eigenvalue weighted by molar-refractivity contribution is 0.112. The Balaban J connectivity index is 1.58. The van der Waals surface area contributed by atoms with E-state index in [1.807, 2.05) is 18.2 Å². The molecular weight excluding hydrogens is 472 g/mol. The number of carbonyl (C=O) groups excluding carboxylic acids is 1. The van der Waals surface area contributed by atoms with E-state index in [9.17, 15) is 9.59 Å². The van der Waals surface area contributed by atoms with Gasteiger partial charge in [0.1, 0.15) is 5.82 Å². The number of nitrogen functional groups attached to an aromatic ring is 1. The second kappa shape index (κ2) is 8.37. The van der Waals surface area contributed by atoms with Crippen LogP contribution in [0.2, 0.25) is 5.28 Å². The third kappa shape index (κ3) is 4.27. The average molecular weight is 488 g/mol. The lowest BCUT2D eigenvalue weighted by Crippen LogP contribution is -2.20. The van der Waals surface area contributed by atoms with Crippen LogP contribution >= 0.6 is 27.5 Å². The molecule has 0 fully saturated rings. The van der Waals surface area contributed by atoms with Crippen molar-refractivity contribution >= 4 is 50.7 Å². The molecule has 0 saturated carbocycles. The first-order valence-corrected chi connectivity index (χ1v) is 10.2. The normalized spacial score (nSPS) is 11.1. The van der Waals surface area contributed by atoms with Crippen molar-refractivity contribution in [2.75, 3.05) is 5.73 Å². The molecule has 0 radical (unpaired) electrons. The van der Waals surface area contributed by atoms with Crippen molar-refractivity contribution in [1.29, 1.82) is 0 Å². The van der Waals surface area contributed by atoms with Crippen LogP contribution in [-0.4, -0.2) is 30.6 Å². The number of benzene rings is 1. The second-order valence-corrected chi connectivity index (χ2v) is 8.00. The number of nitrogens with zero attached hydrogens (tertiary/aromatic N) is 5. The Kier molecular flexibility index (Phi) is 5.65. The smallest absolute Gasteiger partial charge is 0.250 e. The quantitative estimate of drug-likeness (QED) is 0.331. The SMILES string of the molecule is Nc1nc(Cl)nc2c1cnn2Cc1cc(Br)cc(CCn2cc(C=O)ccc2=O)c1. The molecule has 0 atom stereocenters. The van der Waals surface area contributed by atoms with Crippen molar-refractivity contribution in [2.24, 2.45) is 0 Å². The van der Waals surface area contributed by atoms with Crippen LogP contribution in [0.15, 0.2) is 52.0 Å². The van der Waals surface area contributed by atoms with Crippen LogP contribution in [0.1, 0.15) is 21.5 Å². The lowest BCUT2D eigenvalue weighted by atomic mass is 10.1. The summed E-state index contributed by atoms with van der Waals surface area (Å²) in [7, 11) is 0. The summed E-state index contributed by atoms with van der Waals surface area (Å²) in [5.41, 5.74) is 8.80.